The summed E-state index contributed by atoms with van der Waals surface area (Å²) in [6, 6.07) is 0. The Morgan fingerprint density at radius 3 is 2.64 bits per heavy atom. The highest BCUT2D eigenvalue weighted by Crippen LogP contribution is 1.95. The van der Waals surface area contributed by atoms with Gasteiger partial charge in [-0.25, -0.2) is 9.78 Å². The molecule has 0 saturated carbocycles. The molecule has 0 saturated heterocycles. The van der Waals surface area contributed by atoms with E-state index in [4.69, 9.17) is 0 Å². The van der Waals surface area contributed by atoms with Gasteiger partial charge in [0.25, 0.3) is 0 Å². The van der Waals surface area contributed by atoms with E-state index in [1.807, 2.05) is 0 Å². The molecular formula is C6H12O8. The standard InChI is InChI=1S/C6H12O8/c1-4-8-12-14-10-6(2)5-9-13-11-7-3/h4,6H,1,5H2,2-3H3. The molecular weight excluding hydrogens is 200 g/mol. The molecule has 0 fully saturated rings. The Labute approximate surface area is 80.4 Å². The lowest BCUT2D eigenvalue weighted by Gasteiger charge is -2.07. The summed E-state index contributed by atoms with van der Waals surface area (Å²) < 4.78 is 0. The van der Waals surface area contributed by atoms with Crippen molar-refractivity contribution in [3.05, 3.63) is 12.8 Å². The second-order valence-corrected chi connectivity index (χ2v) is 1.89. The first-order valence-electron chi connectivity index (χ1n) is 3.56. The molecule has 84 valence electrons. The van der Waals surface area contributed by atoms with E-state index in [0.29, 0.717) is 0 Å². The fourth-order valence-electron chi connectivity index (χ4n) is 0.326. The Morgan fingerprint density at radius 2 is 2.00 bits per heavy atom. The van der Waals surface area contributed by atoms with Crippen LogP contribution in [-0.4, -0.2) is 19.8 Å². The van der Waals surface area contributed by atoms with Crippen molar-refractivity contribution in [2.45, 2.75) is 13.0 Å². The summed E-state index contributed by atoms with van der Waals surface area (Å²) in [5.41, 5.74) is 0. The van der Waals surface area contributed by atoms with E-state index in [9.17, 15) is 0 Å². The molecule has 0 aliphatic heterocycles. The van der Waals surface area contributed by atoms with E-state index < -0.39 is 6.10 Å². The Hall–Kier alpha value is -0.740. The van der Waals surface area contributed by atoms with Crippen LogP contribution in [0.25, 0.3) is 0 Å². The summed E-state index contributed by atoms with van der Waals surface area (Å²) in [5, 5.41) is 16.1. The smallest absolute Gasteiger partial charge is 0.125 e. The zero-order chi connectivity index (χ0) is 10.6. The van der Waals surface area contributed by atoms with Crippen molar-refractivity contribution < 1.29 is 39.7 Å². The second-order valence-electron chi connectivity index (χ2n) is 1.89. The van der Waals surface area contributed by atoms with Crippen molar-refractivity contribution >= 4 is 0 Å². The molecule has 0 bridgehead atoms. The molecule has 0 heterocycles. The van der Waals surface area contributed by atoms with E-state index in [-0.39, 0.29) is 6.61 Å². The topological polar surface area (TPSA) is 73.8 Å². The number of hydrogen-bond acceptors (Lipinski definition) is 8. The summed E-state index contributed by atoms with van der Waals surface area (Å²) in [4.78, 5) is 17.1. The summed E-state index contributed by atoms with van der Waals surface area (Å²) in [7, 11) is 1.26. The molecule has 0 aromatic carbocycles. The molecule has 0 N–H and O–H groups in total. The van der Waals surface area contributed by atoms with Gasteiger partial charge in [0.2, 0.25) is 0 Å². The molecule has 1 atom stereocenters. The maximum Gasteiger partial charge on any atom is 0.125 e. The summed E-state index contributed by atoms with van der Waals surface area (Å²) >= 11 is 0. The van der Waals surface area contributed by atoms with Crippen LogP contribution >= 0.6 is 0 Å². The van der Waals surface area contributed by atoms with Crippen LogP contribution < -0.4 is 0 Å². The third kappa shape index (κ3) is 9.35. The highest BCUT2D eigenvalue weighted by molar-refractivity contribution is 4.41. The van der Waals surface area contributed by atoms with Gasteiger partial charge in [0.1, 0.15) is 19.0 Å². The maximum atomic E-state index is 4.53. The van der Waals surface area contributed by atoms with Crippen molar-refractivity contribution in [3.63, 3.8) is 0 Å². The molecule has 8 nitrogen and oxygen atoms in total. The first-order valence-corrected chi connectivity index (χ1v) is 3.56. The molecule has 0 aromatic rings. The molecule has 8 heteroatoms. The zero-order valence-corrected chi connectivity index (χ0v) is 7.83. The average Bonchev–Trinajstić information content (AvgIpc) is 2.19. The molecule has 1 unspecified atom stereocenters. The Balaban J connectivity index is 3.10. The van der Waals surface area contributed by atoms with Crippen molar-refractivity contribution in [1.29, 1.82) is 0 Å². The minimum Gasteiger partial charge on any atom is -0.315 e. The summed E-state index contributed by atoms with van der Waals surface area (Å²) in [5.74, 6) is 0. The summed E-state index contributed by atoms with van der Waals surface area (Å²) in [6.07, 6.45) is 0.545. The molecule has 0 rings (SSSR count). The summed E-state index contributed by atoms with van der Waals surface area (Å²) in [6.45, 7) is 4.84. The predicted octanol–water partition coefficient (Wildman–Crippen LogP) is 0.771. The van der Waals surface area contributed by atoms with Crippen molar-refractivity contribution in [3.8, 4) is 0 Å². The van der Waals surface area contributed by atoms with Crippen LogP contribution in [0.4, 0.5) is 0 Å². The van der Waals surface area contributed by atoms with Crippen LogP contribution in [0.1, 0.15) is 6.92 Å². The van der Waals surface area contributed by atoms with Crippen molar-refractivity contribution in [2.24, 2.45) is 0 Å². The van der Waals surface area contributed by atoms with Gasteiger partial charge in [-0.15, -0.1) is 0 Å². The van der Waals surface area contributed by atoms with Crippen LogP contribution in [-0.2, 0) is 39.7 Å². The van der Waals surface area contributed by atoms with Gasteiger partial charge in [-0.05, 0) is 22.0 Å². The second kappa shape index (κ2) is 10.3. The minimum atomic E-state index is -0.469. The Kier molecular flexibility index (Phi) is 9.79. The van der Waals surface area contributed by atoms with Crippen molar-refractivity contribution in [2.75, 3.05) is 13.7 Å². The van der Waals surface area contributed by atoms with E-state index in [0.717, 1.165) is 6.26 Å². The maximum absolute atomic E-state index is 4.53. The van der Waals surface area contributed by atoms with Gasteiger partial charge in [-0.1, -0.05) is 6.58 Å². The fraction of sp³-hybridized carbons (Fsp3) is 0.667. The van der Waals surface area contributed by atoms with Gasteiger partial charge in [-0.3, -0.25) is 0 Å². The van der Waals surface area contributed by atoms with E-state index in [1.54, 1.807) is 6.92 Å². The van der Waals surface area contributed by atoms with Crippen LogP contribution in [0, 0.1) is 0 Å². The number of hydrogen-bond donors (Lipinski definition) is 0. The lowest BCUT2D eigenvalue weighted by molar-refractivity contribution is -0.647. The Morgan fingerprint density at radius 1 is 1.21 bits per heavy atom. The molecule has 0 radical (unpaired) electrons. The van der Waals surface area contributed by atoms with Gasteiger partial charge in [0.05, 0.1) is 7.11 Å². The number of rotatable bonds is 10. The monoisotopic (exact) mass is 212 g/mol. The molecule has 0 aromatic heterocycles. The zero-order valence-electron chi connectivity index (χ0n) is 7.83. The first kappa shape index (κ1) is 13.3. The fourth-order valence-corrected chi connectivity index (χ4v) is 0.326. The highest BCUT2D eigenvalue weighted by atomic mass is 17.7. The van der Waals surface area contributed by atoms with Crippen molar-refractivity contribution in [1.82, 2.24) is 0 Å². The largest absolute Gasteiger partial charge is 0.315 e. The molecule has 14 heavy (non-hydrogen) atoms. The lowest BCUT2D eigenvalue weighted by Crippen LogP contribution is -2.16. The third-order valence-electron chi connectivity index (χ3n) is 0.785. The third-order valence-corrected chi connectivity index (χ3v) is 0.785. The molecule has 0 amide bonds. The van der Waals surface area contributed by atoms with Gasteiger partial charge >= 0.3 is 0 Å². The average molecular weight is 212 g/mol. The lowest BCUT2D eigenvalue weighted by atomic mass is 10.5. The van der Waals surface area contributed by atoms with Gasteiger partial charge in [0.15, 0.2) is 0 Å². The van der Waals surface area contributed by atoms with E-state index in [2.05, 4.69) is 46.3 Å². The van der Waals surface area contributed by atoms with Gasteiger partial charge < -0.3 is 4.89 Å². The Bertz CT molecular complexity index is 129. The van der Waals surface area contributed by atoms with Gasteiger partial charge in [-0.2, -0.15) is 4.89 Å². The normalized spacial score (nSPS) is 12.4. The SMILES string of the molecule is C=COOOOC(C)COOOOC. The van der Waals surface area contributed by atoms with E-state index >= 15 is 0 Å². The predicted molar refractivity (Wildman–Crippen MR) is 39.1 cm³/mol. The van der Waals surface area contributed by atoms with Crippen LogP contribution in [0.3, 0.4) is 0 Å². The highest BCUT2D eigenvalue weighted by Gasteiger charge is 2.05. The van der Waals surface area contributed by atoms with Crippen LogP contribution in [0.2, 0.25) is 0 Å². The van der Waals surface area contributed by atoms with Crippen LogP contribution in [0.5, 0.6) is 0 Å². The quantitative estimate of drug-likeness (QED) is 0.227. The minimum absolute atomic E-state index is 0.0286. The molecule has 0 aliphatic rings. The molecule has 0 aliphatic carbocycles. The van der Waals surface area contributed by atoms with E-state index in [1.165, 1.54) is 7.11 Å². The molecule has 0 spiro atoms. The van der Waals surface area contributed by atoms with Crippen LogP contribution in [0.15, 0.2) is 12.8 Å². The first-order chi connectivity index (χ1) is 6.81. The van der Waals surface area contributed by atoms with Gasteiger partial charge in [0, 0.05) is 5.04 Å².